The summed E-state index contributed by atoms with van der Waals surface area (Å²) in [7, 11) is 0. The fraction of sp³-hybridized carbons (Fsp3) is 0.400. The van der Waals surface area contributed by atoms with Gasteiger partial charge in [-0.1, -0.05) is 6.92 Å². The highest BCUT2D eigenvalue weighted by Crippen LogP contribution is 2.28. The molecular weight excluding hydrogens is 252 g/mol. The van der Waals surface area contributed by atoms with Crippen LogP contribution in [-0.4, -0.2) is 31.3 Å². The highest BCUT2D eigenvalue weighted by atomic mass is 16.5. The molecule has 5 nitrogen and oxygen atoms in total. The number of nitrogens with one attached hydrogen (secondary N) is 1. The molecule has 5 heteroatoms. The van der Waals surface area contributed by atoms with E-state index in [0.29, 0.717) is 0 Å². The monoisotopic (exact) mass is 272 g/mol. The van der Waals surface area contributed by atoms with Gasteiger partial charge < -0.3 is 15.1 Å². The number of pyridine rings is 1. The highest BCUT2D eigenvalue weighted by molar-refractivity contribution is 5.93. The van der Waals surface area contributed by atoms with E-state index in [2.05, 4.69) is 40.4 Å². The number of rotatable bonds is 3. The minimum absolute atomic E-state index is 0.785. The average molecular weight is 272 g/mol. The van der Waals surface area contributed by atoms with Crippen molar-refractivity contribution in [2.24, 2.45) is 5.84 Å². The van der Waals surface area contributed by atoms with Crippen LogP contribution in [0.2, 0.25) is 0 Å². The van der Waals surface area contributed by atoms with Crippen molar-refractivity contribution in [3.63, 3.8) is 0 Å². The van der Waals surface area contributed by atoms with Gasteiger partial charge >= 0.3 is 0 Å². The maximum Gasteiger partial charge on any atom is 0.0728 e. The molecule has 0 spiro atoms. The van der Waals surface area contributed by atoms with Crippen LogP contribution >= 0.6 is 0 Å². The van der Waals surface area contributed by atoms with Gasteiger partial charge in [0, 0.05) is 29.9 Å². The normalized spacial score (nSPS) is 15.6. The Labute approximate surface area is 118 Å². The standard InChI is InChI=1S/C15H20N4O/c1-2-11-9-15(18-16)13-10-12(3-4-14(13)17-11)19-5-7-20-8-6-19/h3-4,9-10H,2,5-8,16H2,1H3,(H,17,18). The molecule has 0 radical (unpaired) electrons. The Bertz CT molecular complexity index is 608. The number of nitrogens with zero attached hydrogens (tertiary/aromatic N) is 2. The Kier molecular flexibility index (Phi) is 3.71. The van der Waals surface area contributed by atoms with Gasteiger partial charge in [0.1, 0.15) is 0 Å². The molecule has 1 saturated heterocycles. The van der Waals surface area contributed by atoms with E-state index in [0.717, 1.165) is 55.0 Å². The van der Waals surface area contributed by atoms with Gasteiger partial charge in [-0.15, -0.1) is 0 Å². The van der Waals surface area contributed by atoms with E-state index in [9.17, 15) is 0 Å². The molecule has 3 rings (SSSR count). The van der Waals surface area contributed by atoms with Crippen molar-refractivity contribution in [3.8, 4) is 0 Å². The van der Waals surface area contributed by atoms with E-state index in [4.69, 9.17) is 10.6 Å². The lowest BCUT2D eigenvalue weighted by Gasteiger charge is -2.29. The third-order valence-corrected chi connectivity index (χ3v) is 3.74. The molecule has 0 bridgehead atoms. The number of morpholine rings is 1. The summed E-state index contributed by atoms with van der Waals surface area (Å²) in [5.74, 6) is 5.66. The van der Waals surface area contributed by atoms with Crippen molar-refractivity contribution in [1.29, 1.82) is 0 Å². The van der Waals surface area contributed by atoms with E-state index in [1.54, 1.807) is 0 Å². The van der Waals surface area contributed by atoms with Crippen LogP contribution in [0.5, 0.6) is 0 Å². The molecule has 2 aromatic rings. The number of fused-ring (bicyclic) bond motifs is 1. The van der Waals surface area contributed by atoms with Gasteiger partial charge in [-0.2, -0.15) is 0 Å². The van der Waals surface area contributed by atoms with E-state index >= 15 is 0 Å². The lowest BCUT2D eigenvalue weighted by Crippen LogP contribution is -2.36. The third kappa shape index (κ3) is 2.42. The molecule has 1 aromatic carbocycles. The molecule has 0 aliphatic carbocycles. The summed E-state index contributed by atoms with van der Waals surface area (Å²) in [5.41, 5.74) is 6.95. The summed E-state index contributed by atoms with van der Waals surface area (Å²) in [6, 6.07) is 8.37. The number of ether oxygens (including phenoxy) is 1. The summed E-state index contributed by atoms with van der Waals surface area (Å²) in [5, 5.41) is 1.06. The van der Waals surface area contributed by atoms with Gasteiger partial charge in [0.2, 0.25) is 0 Å². The summed E-state index contributed by atoms with van der Waals surface area (Å²) < 4.78 is 5.40. The van der Waals surface area contributed by atoms with Crippen molar-refractivity contribution < 1.29 is 4.74 Å². The van der Waals surface area contributed by atoms with Gasteiger partial charge in [-0.3, -0.25) is 10.8 Å². The average Bonchev–Trinajstić information content (AvgIpc) is 2.54. The second kappa shape index (κ2) is 5.64. The number of hydrogen-bond acceptors (Lipinski definition) is 5. The first-order chi connectivity index (χ1) is 9.81. The quantitative estimate of drug-likeness (QED) is 0.660. The predicted octanol–water partition coefficient (Wildman–Crippen LogP) is 1.92. The predicted molar refractivity (Wildman–Crippen MR) is 82.0 cm³/mol. The Morgan fingerprint density at radius 1 is 1.30 bits per heavy atom. The number of nitrogens with two attached hydrogens (primary N) is 1. The number of nitrogen functional groups attached to an aromatic ring is 1. The molecule has 0 atom stereocenters. The highest BCUT2D eigenvalue weighted by Gasteiger charge is 2.13. The van der Waals surface area contributed by atoms with Crippen LogP contribution in [0.15, 0.2) is 24.3 Å². The second-order valence-electron chi connectivity index (χ2n) is 4.96. The van der Waals surface area contributed by atoms with Gasteiger partial charge in [0.05, 0.1) is 24.4 Å². The molecule has 1 aliphatic rings. The number of aromatic nitrogens is 1. The van der Waals surface area contributed by atoms with E-state index < -0.39 is 0 Å². The summed E-state index contributed by atoms with van der Waals surface area (Å²) in [4.78, 5) is 6.98. The fourth-order valence-corrected chi connectivity index (χ4v) is 2.59. The SMILES string of the molecule is CCc1cc(NN)c2cc(N3CCOCC3)ccc2n1. The van der Waals surface area contributed by atoms with Gasteiger partial charge in [0.15, 0.2) is 0 Å². The van der Waals surface area contributed by atoms with Crippen molar-refractivity contribution >= 4 is 22.3 Å². The van der Waals surface area contributed by atoms with Gasteiger partial charge in [0.25, 0.3) is 0 Å². The van der Waals surface area contributed by atoms with E-state index in [1.165, 1.54) is 5.69 Å². The zero-order chi connectivity index (χ0) is 13.9. The first kappa shape index (κ1) is 13.1. The number of aryl methyl sites for hydroxylation is 1. The minimum atomic E-state index is 0.785. The molecule has 1 aliphatic heterocycles. The maximum absolute atomic E-state index is 5.66. The first-order valence-electron chi connectivity index (χ1n) is 7.05. The van der Waals surface area contributed by atoms with Gasteiger partial charge in [-0.25, -0.2) is 0 Å². The summed E-state index contributed by atoms with van der Waals surface area (Å²) >= 11 is 0. The van der Waals surface area contributed by atoms with Crippen molar-refractivity contribution in [3.05, 3.63) is 30.0 Å². The fourth-order valence-electron chi connectivity index (χ4n) is 2.59. The molecule has 20 heavy (non-hydrogen) atoms. The Morgan fingerprint density at radius 3 is 2.80 bits per heavy atom. The van der Waals surface area contributed by atoms with Crippen LogP contribution in [0.3, 0.4) is 0 Å². The zero-order valence-corrected chi connectivity index (χ0v) is 11.7. The molecule has 0 unspecified atom stereocenters. The molecule has 0 amide bonds. The van der Waals surface area contributed by atoms with Crippen LogP contribution in [0.25, 0.3) is 10.9 Å². The minimum Gasteiger partial charge on any atom is -0.378 e. The zero-order valence-electron chi connectivity index (χ0n) is 11.7. The lowest BCUT2D eigenvalue weighted by molar-refractivity contribution is 0.122. The molecular formula is C15H20N4O. The molecule has 0 saturated carbocycles. The Morgan fingerprint density at radius 2 is 2.10 bits per heavy atom. The molecule has 3 N–H and O–H groups in total. The topological polar surface area (TPSA) is 63.4 Å². The van der Waals surface area contributed by atoms with Crippen molar-refractivity contribution in [1.82, 2.24) is 4.98 Å². The molecule has 1 aromatic heterocycles. The number of anilines is 2. The van der Waals surface area contributed by atoms with Crippen LogP contribution in [-0.2, 0) is 11.2 Å². The summed E-state index contributed by atoms with van der Waals surface area (Å²) in [6.45, 7) is 5.52. The Balaban J connectivity index is 2.05. The van der Waals surface area contributed by atoms with Crippen molar-refractivity contribution in [2.75, 3.05) is 36.6 Å². The summed E-state index contributed by atoms with van der Waals surface area (Å²) in [6.07, 6.45) is 0.899. The lowest BCUT2D eigenvalue weighted by atomic mass is 10.1. The number of hydrogen-bond donors (Lipinski definition) is 2. The molecule has 1 fully saturated rings. The van der Waals surface area contributed by atoms with Crippen LogP contribution < -0.4 is 16.2 Å². The molecule has 106 valence electrons. The van der Waals surface area contributed by atoms with Crippen molar-refractivity contribution in [2.45, 2.75) is 13.3 Å². The van der Waals surface area contributed by atoms with Crippen LogP contribution in [0.1, 0.15) is 12.6 Å². The number of hydrazine groups is 1. The largest absolute Gasteiger partial charge is 0.378 e. The van der Waals surface area contributed by atoms with E-state index in [1.807, 2.05) is 6.07 Å². The third-order valence-electron chi connectivity index (χ3n) is 3.74. The maximum atomic E-state index is 5.66. The van der Waals surface area contributed by atoms with E-state index in [-0.39, 0.29) is 0 Å². The van der Waals surface area contributed by atoms with Gasteiger partial charge in [-0.05, 0) is 30.7 Å². The smallest absolute Gasteiger partial charge is 0.0728 e. The molecule has 2 heterocycles. The van der Waals surface area contributed by atoms with Crippen LogP contribution in [0, 0.1) is 0 Å². The Hall–Kier alpha value is -1.85. The second-order valence-corrected chi connectivity index (χ2v) is 4.96. The number of benzene rings is 1. The van der Waals surface area contributed by atoms with Crippen LogP contribution in [0.4, 0.5) is 11.4 Å². The first-order valence-corrected chi connectivity index (χ1v) is 7.05.